The average Bonchev–Trinajstić information content (AvgIpc) is 2.89. The Morgan fingerprint density at radius 2 is 1.77 bits per heavy atom. The third-order valence-electron chi connectivity index (χ3n) is 4.89. The number of amides is 1. The molecule has 1 saturated carbocycles. The van der Waals surface area contributed by atoms with Crippen LogP contribution in [0, 0.1) is 11.8 Å². The fourth-order valence-corrected chi connectivity index (χ4v) is 4.37. The van der Waals surface area contributed by atoms with Gasteiger partial charge in [0, 0.05) is 24.9 Å². The van der Waals surface area contributed by atoms with Crippen LogP contribution in [-0.4, -0.2) is 47.2 Å². The van der Waals surface area contributed by atoms with Gasteiger partial charge in [-0.15, -0.1) is 0 Å². The molecule has 0 N–H and O–H groups in total. The Morgan fingerprint density at radius 3 is 2.23 bits per heavy atom. The fraction of sp³-hybridized carbons (Fsp3) is 0.611. The smallest absolute Gasteiger partial charge is 0.410 e. The highest BCUT2D eigenvalue weighted by atomic mass is 35.5. The molecule has 2 aliphatic rings. The van der Waals surface area contributed by atoms with Gasteiger partial charge in [0.2, 0.25) is 0 Å². The molecule has 1 aliphatic heterocycles. The summed E-state index contributed by atoms with van der Waals surface area (Å²) in [6.45, 7) is 8.38. The molecule has 142 valence electrons. The second-order valence-corrected chi connectivity index (χ2v) is 8.46. The largest absolute Gasteiger partial charge is 0.465 e. The summed E-state index contributed by atoms with van der Waals surface area (Å²) in [6.07, 6.45) is -0.367. The SMILES string of the molecule is CCOC(=O)[C@]1(c2cc(Cl)nc(Cl)c2)[C@@H]2CN(C(=O)OC(C)(C)C)C[C@@H]21. The Balaban J connectivity index is 1.85. The van der Waals surface area contributed by atoms with E-state index in [4.69, 9.17) is 32.7 Å². The van der Waals surface area contributed by atoms with E-state index in [1.807, 2.05) is 20.8 Å². The fourth-order valence-electron chi connectivity index (χ4n) is 3.91. The number of hydrogen-bond acceptors (Lipinski definition) is 5. The monoisotopic (exact) mass is 400 g/mol. The molecular formula is C18H22Cl2N2O4. The van der Waals surface area contributed by atoms with Crippen LogP contribution in [0.4, 0.5) is 4.79 Å². The first-order valence-corrected chi connectivity index (χ1v) is 9.34. The number of pyridine rings is 1. The molecule has 1 amide bonds. The van der Waals surface area contributed by atoms with E-state index in [1.54, 1.807) is 24.0 Å². The number of nitrogens with zero attached hydrogens (tertiary/aromatic N) is 2. The second kappa shape index (κ2) is 6.57. The van der Waals surface area contributed by atoms with E-state index in [0.717, 1.165) is 0 Å². The third-order valence-corrected chi connectivity index (χ3v) is 5.27. The molecule has 0 bridgehead atoms. The molecule has 6 nitrogen and oxygen atoms in total. The topological polar surface area (TPSA) is 68.7 Å². The lowest BCUT2D eigenvalue weighted by Crippen LogP contribution is -2.41. The van der Waals surface area contributed by atoms with Gasteiger partial charge in [0.1, 0.15) is 21.3 Å². The van der Waals surface area contributed by atoms with Gasteiger partial charge in [-0.25, -0.2) is 9.78 Å². The molecule has 1 aliphatic carbocycles. The Labute approximate surface area is 162 Å². The Hall–Kier alpha value is -1.53. The van der Waals surface area contributed by atoms with Gasteiger partial charge in [-0.1, -0.05) is 23.2 Å². The van der Waals surface area contributed by atoms with Crippen molar-refractivity contribution in [1.82, 2.24) is 9.88 Å². The Kier molecular flexibility index (Phi) is 4.86. The van der Waals surface area contributed by atoms with Crippen LogP contribution < -0.4 is 0 Å². The van der Waals surface area contributed by atoms with Gasteiger partial charge in [-0.2, -0.15) is 0 Å². The molecule has 1 aromatic heterocycles. The molecular weight excluding hydrogens is 379 g/mol. The molecule has 0 radical (unpaired) electrons. The lowest BCUT2D eigenvalue weighted by molar-refractivity contribution is -0.147. The van der Waals surface area contributed by atoms with Crippen LogP contribution in [0.15, 0.2) is 12.1 Å². The van der Waals surface area contributed by atoms with Crippen molar-refractivity contribution in [2.45, 2.75) is 38.7 Å². The van der Waals surface area contributed by atoms with Crippen molar-refractivity contribution in [1.29, 1.82) is 0 Å². The molecule has 0 spiro atoms. The molecule has 1 saturated heterocycles. The molecule has 3 rings (SSSR count). The summed E-state index contributed by atoms with van der Waals surface area (Å²) in [5.41, 5.74) is -0.696. The number of likely N-dealkylation sites (tertiary alicyclic amines) is 1. The summed E-state index contributed by atoms with van der Waals surface area (Å²) in [5.74, 6) is -0.413. The predicted octanol–water partition coefficient (Wildman–Crippen LogP) is 3.69. The lowest BCUT2D eigenvalue weighted by Gasteiger charge is -2.28. The molecule has 2 heterocycles. The molecule has 0 aromatic carbocycles. The summed E-state index contributed by atoms with van der Waals surface area (Å²) in [5, 5.41) is 0.454. The van der Waals surface area contributed by atoms with Crippen molar-refractivity contribution in [2.75, 3.05) is 19.7 Å². The predicted molar refractivity (Wildman–Crippen MR) is 97.4 cm³/mol. The van der Waals surface area contributed by atoms with Crippen molar-refractivity contribution in [3.8, 4) is 0 Å². The second-order valence-electron chi connectivity index (χ2n) is 7.69. The van der Waals surface area contributed by atoms with Crippen LogP contribution in [0.3, 0.4) is 0 Å². The average molecular weight is 401 g/mol. The van der Waals surface area contributed by atoms with Gasteiger partial charge >= 0.3 is 12.1 Å². The van der Waals surface area contributed by atoms with Crippen LogP contribution in [0.5, 0.6) is 0 Å². The van der Waals surface area contributed by atoms with Crippen molar-refractivity contribution in [3.05, 3.63) is 28.0 Å². The Morgan fingerprint density at radius 1 is 1.23 bits per heavy atom. The highest BCUT2D eigenvalue weighted by Crippen LogP contribution is 2.64. The number of carbonyl (C=O) groups is 2. The molecule has 8 heteroatoms. The minimum Gasteiger partial charge on any atom is -0.465 e. The van der Waals surface area contributed by atoms with Crippen LogP contribution >= 0.6 is 23.2 Å². The van der Waals surface area contributed by atoms with Crippen LogP contribution in [0.25, 0.3) is 0 Å². The number of hydrogen-bond donors (Lipinski definition) is 0. The minimum absolute atomic E-state index is 0.0522. The third kappa shape index (κ3) is 3.25. The number of esters is 1. The van der Waals surface area contributed by atoms with Crippen LogP contribution in [-0.2, 0) is 19.7 Å². The summed E-state index contributed by atoms with van der Waals surface area (Å²) < 4.78 is 10.8. The maximum atomic E-state index is 12.8. The highest BCUT2D eigenvalue weighted by molar-refractivity contribution is 6.32. The van der Waals surface area contributed by atoms with E-state index < -0.39 is 11.0 Å². The van der Waals surface area contributed by atoms with Crippen molar-refractivity contribution >= 4 is 35.3 Å². The van der Waals surface area contributed by atoms with Crippen molar-refractivity contribution in [3.63, 3.8) is 0 Å². The highest BCUT2D eigenvalue weighted by Gasteiger charge is 2.75. The number of aromatic nitrogens is 1. The minimum atomic E-state index is -0.829. The number of halogens is 2. The first-order valence-electron chi connectivity index (χ1n) is 8.58. The maximum Gasteiger partial charge on any atom is 0.410 e. The van der Waals surface area contributed by atoms with Gasteiger partial charge in [0.15, 0.2) is 0 Å². The summed E-state index contributed by atoms with van der Waals surface area (Å²) in [4.78, 5) is 30.7. The van der Waals surface area contributed by atoms with E-state index >= 15 is 0 Å². The van der Waals surface area contributed by atoms with Gasteiger partial charge in [0.25, 0.3) is 0 Å². The number of piperidine rings is 1. The standard InChI is InChI=1S/C18H22Cl2N2O4/c1-5-25-15(23)18(10-6-13(19)21-14(20)7-10)11-8-22(9-12(11)18)16(24)26-17(2,3)4/h6-7,11-12H,5,8-9H2,1-4H3/t11-,12+,18-. The van der Waals surface area contributed by atoms with E-state index in [9.17, 15) is 9.59 Å². The van der Waals surface area contributed by atoms with Crippen LogP contribution in [0.1, 0.15) is 33.3 Å². The van der Waals surface area contributed by atoms with E-state index in [-0.39, 0.29) is 40.8 Å². The summed E-state index contributed by atoms with van der Waals surface area (Å²) in [6, 6.07) is 3.31. The first-order chi connectivity index (χ1) is 12.1. The van der Waals surface area contributed by atoms with Gasteiger partial charge in [0.05, 0.1) is 6.61 Å². The quantitative estimate of drug-likeness (QED) is 0.571. The number of fused-ring (bicyclic) bond motifs is 1. The van der Waals surface area contributed by atoms with Gasteiger partial charge in [-0.05, 0) is 45.4 Å². The summed E-state index contributed by atoms with van der Waals surface area (Å²) >= 11 is 12.1. The zero-order chi connectivity index (χ0) is 19.3. The summed E-state index contributed by atoms with van der Waals surface area (Å²) in [7, 11) is 0. The normalized spacial score (nSPS) is 27.1. The van der Waals surface area contributed by atoms with Crippen molar-refractivity contribution in [2.24, 2.45) is 11.8 Å². The van der Waals surface area contributed by atoms with E-state index in [0.29, 0.717) is 18.7 Å². The maximum absolute atomic E-state index is 12.8. The van der Waals surface area contributed by atoms with Gasteiger partial charge < -0.3 is 14.4 Å². The lowest BCUT2D eigenvalue weighted by atomic mass is 9.91. The zero-order valence-electron chi connectivity index (χ0n) is 15.2. The molecule has 3 atom stereocenters. The first kappa shape index (κ1) is 19.2. The number of rotatable bonds is 3. The van der Waals surface area contributed by atoms with E-state index in [2.05, 4.69) is 4.98 Å². The Bertz CT molecular complexity index is 715. The number of carbonyl (C=O) groups excluding carboxylic acids is 2. The van der Waals surface area contributed by atoms with Gasteiger partial charge in [-0.3, -0.25) is 4.79 Å². The molecule has 0 unspecified atom stereocenters. The van der Waals surface area contributed by atoms with Crippen molar-refractivity contribution < 1.29 is 19.1 Å². The zero-order valence-corrected chi connectivity index (χ0v) is 16.7. The molecule has 1 aromatic rings. The molecule has 2 fully saturated rings. The van der Waals surface area contributed by atoms with Crippen LogP contribution in [0.2, 0.25) is 10.3 Å². The number of ether oxygens (including phenoxy) is 2. The van der Waals surface area contributed by atoms with E-state index in [1.165, 1.54) is 0 Å². The molecule has 26 heavy (non-hydrogen) atoms.